The maximum Gasteiger partial charge on any atom is 0.235 e. The summed E-state index contributed by atoms with van der Waals surface area (Å²) < 4.78 is 5.99. The van der Waals surface area contributed by atoms with E-state index in [4.69, 9.17) is 4.74 Å². The van der Waals surface area contributed by atoms with E-state index in [9.17, 15) is 4.79 Å². The third kappa shape index (κ3) is 2.99. The van der Waals surface area contributed by atoms with Crippen LogP contribution in [0.1, 0.15) is 0 Å². The summed E-state index contributed by atoms with van der Waals surface area (Å²) in [5.41, 5.74) is 0.659. The Bertz CT molecular complexity index is 342. The molecular weight excluding hydrogens is 314 g/mol. The molecule has 76 valence electrons. The maximum absolute atomic E-state index is 11.1. The van der Waals surface area contributed by atoms with Gasteiger partial charge < -0.3 is 10.1 Å². The lowest BCUT2D eigenvalue weighted by Gasteiger charge is -2.09. The molecule has 1 aromatic rings. The van der Waals surface area contributed by atoms with Gasteiger partial charge in [-0.15, -0.1) is 0 Å². The van der Waals surface area contributed by atoms with Gasteiger partial charge in [-0.05, 0) is 18.2 Å². The van der Waals surface area contributed by atoms with Crippen LogP contribution in [-0.4, -0.2) is 18.3 Å². The molecule has 0 aromatic heterocycles. The monoisotopic (exact) mass is 321 g/mol. The van der Waals surface area contributed by atoms with Crippen molar-refractivity contribution in [1.82, 2.24) is 0 Å². The van der Waals surface area contributed by atoms with Gasteiger partial charge in [-0.2, -0.15) is 0 Å². The lowest BCUT2D eigenvalue weighted by atomic mass is 10.3. The van der Waals surface area contributed by atoms with E-state index in [1.807, 2.05) is 6.07 Å². The standard InChI is InChI=1S/C9H9Br2NO2/c1-14-8-3-2-6(11)4-7(8)12-9(13)5-10/h2-4H,5H2,1H3,(H,12,13). The normalized spacial score (nSPS) is 9.64. The van der Waals surface area contributed by atoms with Crippen molar-refractivity contribution in [2.24, 2.45) is 0 Å². The molecule has 0 bridgehead atoms. The molecule has 1 N–H and O–H groups in total. The fourth-order valence-corrected chi connectivity index (χ4v) is 1.46. The van der Waals surface area contributed by atoms with Crippen LogP contribution in [0.2, 0.25) is 0 Å². The van der Waals surface area contributed by atoms with Crippen LogP contribution in [0.3, 0.4) is 0 Å². The third-order valence-electron chi connectivity index (χ3n) is 1.56. The van der Waals surface area contributed by atoms with E-state index < -0.39 is 0 Å². The van der Waals surface area contributed by atoms with E-state index in [-0.39, 0.29) is 11.2 Å². The number of carbonyl (C=O) groups is 1. The van der Waals surface area contributed by atoms with Crippen LogP contribution in [-0.2, 0) is 4.79 Å². The molecule has 0 aliphatic heterocycles. The summed E-state index contributed by atoms with van der Waals surface area (Å²) in [6, 6.07) is 5.43. The number of benzene rings is 1. The van der Waals surface area contributed by atoms with E-state index in [0.29, 0.717) is 11.4 Å². The van der Waals surface area contributed by atoms with Crippen LogP contribution in [0, 0.1) is 0 Å². The highest BCUT2D eigenvalue weighted by molar-refractivity contribution is 9.10. The van der Waals surface area contributed by atoms with Gasteiger partial charge in [0, 0.05) is 4.47 Å². The van der Waals surface area contributed by atoms with Gasteiger partial charge in [-0.3, -0.25) is 4.79 Å². The molecule has 3 nitrogen and oxygen atoms in total. The molecule has 0 spiro atoms. The minimum atomic E-state index is -0.110. The summed E-state index contributed by atoms with van der Waals surface area (Å²) in [4.78, 5) is 11.1. The molecule has 0 saturated carbocycles. The minimum absolute atomic E-state index is 0.110. The number of hydrogen-bond acceptors (Lipinski definition) is 2. The van der Waals surface area contributed by atoms with Crippen molar-refractivity contribution < 1.29 is 9.53 Å². The first kappa shape index (κ1) is 11.5. The zero-order valence-electron chi connectivity index (χ0n) is 7.51. The summed E-state index contributed by atoms with van der Waals surface area (Å²) in [7, 11) is 1.56. The lowest BCUT2D eigenvalue weighted by Crippen LogP contribution is -2.12. The Hall–Kier alpha value is -0.550. The first-order chi connectivity index (χ1) is 6.67. The summed E-state index contributed by atoms with van der Waals surface area (Å²) in [5.74, 6) is 0.531. The van der Waals surface area contributed by atoms with E-state index in [1.54, 1.807) is 19.2 Å². The van der Waals surface area contributed by atoms with Crippen molar-refractivity contribution in [1.29, 1.82) is 0 Å². The van der Waals surface area contributed by atoms with Gasteiger partial charge >= 0.3 is 0 Å². The largest absolute Gasteiger partial charge is 0.495 e. The number of nitrogens with one attached hydrogen (secondary N) is 1. The molecule has 14 heavy (non-hydrogen) atoms. The molecule has 1 aromatic carbocycles. The molecule has 0 heterocycles. The molecule has 0 atom stereocenters. The number of carbonyl (C=O) groups excluding carboxylic acids is 1. The van der Waals surface area contributed by atoms with Crippen molar-refractivity contribution in [2.45, 2.75) is 0 Å². The zero-order valence-corrected chi connectivity index (χ0v) is 10.7. The number of amides is 1. The smallest absolute Gasteiger partial charge is 0.235 e. The van der Waals surface area contributed by atoms with Crippen LogP contribution in [0.5, 0.6) is 5.75 Å². The lowest BCUT2D eigenvalue weighted by molar-refractivity contribution is -0.113. The van der Waals surface area contributed by atoms with E-state index in [0.717, 1.165) is 4.47 Å². The number of hydrogen-bond donors (Lipinski definition) is 1. The predicted octanol–water partition coefficient (Wildman–Crippen LogP) is 2.79. The van der Waals surface area contributed by atoms with Crippen molar-refractivity contribution in [3.05, 3.63) is 22.7 Å². The third-order valence-corrected chi connectivity index (χ3v) is 2.56. The Morgan fingerprint density at radius 1 is 1.57 bits per heavy atom. The first-order valence-electron chi connectivity index (χ1n) is 3.86. The highest BCUT2D eigenvalue weighted by Gasteiger charge is 2.06. The van der Waals surface area contributed by atoms with Gasteiger partial charge in [-0.25, -0.2) is 0 Å². The van der Waals surface area contributed by atoms with Gasteiger partial charge in [0.25, 0.3) is 0 Å². The molecule has 1 amide bonds. The van der Waals surface area contributed by atoms with Gasteiger partial charge in [0.15, 0.2) is 0 Å². The molecule has 0 unspecified atom stereocenters. The molecular formula is C9H9Br2NO2. The number of halogens is 2. The zero-order chi connectivity index (χ0) is 10.6. The Labute approximate surface area is 99.1 Å². The summed E-state index contributed by atoms with van der Waals surface area (Å²) >= 11 is 6.39. The predicted molar refractivity (Wildman–Crippen MR) is 63.1 cm³/mol. The molecule has 0 aliphatic carbocycles. The molecule has 1 rings (SSSR count). The summed E-state index contributed by atoms with van der Waals surface area (Å²) in [5, 5.41) is 2.98. The second-order valence-corrected chi connectivity index (χ2v) is 4.00. The number of methoxy groups -OCH3 is 1. The highest BCUT2D eigenvalue weighted by Crippen LogP contribution is 2.27. The van der Waals surface area contributed by atoms with Crippen LogP contribution < -0.4 is 10.1 Å². The maximum atomic E-state index is 11.1. The van der Waals surface area contributed by atoms with Crippen molar-refractivity contribution in [3.8, 4) is 5.75 Å². The van der Waals surface area contributed by atoms with Crippen molar-refractivity contribution in [3.63, 3.8) is 0 Å². The molecule has 0 aliphatic rings. The fraction of sp³-hybridized carbons (Fsp3) is 0.222. The van der Waals surface area contributed by atoms with Gasteiger partial charge in [0.05, 0.1) is 18.1 Å². The van der Waals surface area contributed by atoms with Gasteiger partial charge in [0.1, 0.15) is 5.75 Å². The van der Waals surface area contributed by atoms with Crippen molar-refractivity contribution in [2.75, 3.05) is 17.8 Å². The number of anilines is 1. The molecule has 0 fully saturated rings. The molecule has 5 heteroatoms. The van der Waals surface area contributed by atoms with E-state index in [2.05, 4.69) is 37.2 Å². The first-order valence-corrected chi connectivity index (χ1v) is 5.78. The van der Waals surface area contributed by atoms with E-state index in [1.165, 1.54) is 0 Å². The number of ether oxygens (including phenoxy) is 1. The average Bonchev–Trinajstić information content (AvgIpc) is 2.18. The number of alkyl halides is 1. The van der Waals surface area contributed by atoms with Crippen LogP contribution >= 0.6 is 31.9 Å². The number of rotatable bonds is 3. The van der Waals surface area contributed by atoms with Crippen molar-refractivity contribution >= 4 is 43.5 Å². The summed E-state index contributed by atoms with van der Waals surface area (Å²) in [6.07, 6.45) is 0. The quantitative estimate of drug-likeness (QED) is 0.869. The Kier molecular flexibility index (Phi) is 4.41. The SMILES string of the molecule is COc1ccc(Br)cc1NC(=O)CBr. The Morgan fingerprint density at radius 2 is 2.29 bits per heavy atom. The van der Waals surface area contributed by atoms with Crippen LogP contribution in [0.4, 0.5) is 5.69 Å². The van der Waals surface area contributed by atoms with Gasteiger partial charge in [0.2, 0.25) is 5.91 Å². The van der Waals surface area contributed by atoms with Crippen LogP contribution in [0.25, 0.3) is 0 Å². The minimum Gasteiger partial charge on any atom is -0.495 e. The summed E-state index contributed by atoms with van der Waals surface area (Å²) in [6.45, 7) is 0. The topological polar surface area (TPSA) is 38.3 Å². The Morgan fingerprint density at radius 3 is 2.86 bits per heavy atom. The second-order valence-electron chi connectivity index (χ2n) is 2.53. The molecule has 0 radical (unpaired) electrons. The van der Waals surface area contributed by atoms with E-state index >= 15 is 0 Å². The second kappa shape index (κ2) is 5.36. The molecule has 0 saturated heterocycles. The Balaban J connectivity index is 2.93. The fourth-order valence-electron chi connectivity index (χ4n) is 0.961. The highest BCUT2D eigenvalue weighted by atomic mass is 79.9. The van der Waals surface area contributed by atoms with Gasteiger partial charge in [-0.1, -0.05) is 31.9 Å². The average molecular weight is 323 g/mol. The van der Waals surface area contributed by atoms with Crippen LogP contribution in [0.15, 0.2) is 22.7 Å².